The number of methoxy groups -OCH3 is 1. The molecule has 0 aromatic heterocycles. The van der Waals surface area contributed by atoms with Gasteiger partial charge in [-0.25, -0.2) is 0 Å². The van der Waals surface area contributed by atoms with Crippen LogP contribution in [0, 0.1) is 0 Å². The van der Waals surface area contributed by atoms with Crippen LogP contribution < -0.4 is 4.74 Å². The van der Waals surface area contributed by atoms with Gasteiger partial charge < -0.3 is 14.7 Å². The van der Waals surface area contributed by atoms with Gasteiger partial charge in [0, 0.05) is 12.1 Å². The van der Waals surface area contributed by atoms with E-state index in [-0.39, 0.29) is 0 Å². The fourth-order valence-electron chi connectivity index (χ4n) is 3.79. The van der Waals surface area contributed by atoms with Gasteiger partial charge in [0.25, 0.3) is 0 Å². The molecular weight excluding hydrogens is 238 g/mol. The molecule has 0 radical (unpaired) electrons. The highest BCUT2D eigenvalue weighted by molar-refractivity contribution is 5.31. The summed E-state index contributed by atoms with van der Waals surface area (Å²) in [5.74, 6) is 0.848. The Morgan fingerprint density at radius 2 is 1.74 bits per heavy atom. The Hall–Kier alpha value is -1.06. The third-order valence-corrected chi connectivity index (χ3v) is 5.00. The van der Waals surface area contributed by atoms with Crippen molar-refractivity contribution in [3.8, 4) is 5.75 Å². The summed E-state index contributed by atoms with van der Waals surface area (Å²) in [4.78, 5) is 2.47. The maximum absolute atomic E-state index is 11.1. The third kappa shape index (κ3) is 2.26. The summed E-state index contributed by atoms with van der Waals surface area (Å²) in [5.41, 5.74) is 0.382. The molecule has 2 aliphatic rings. The van der Waals surface area contributed by atoms with Gasteiger partial charge in [-0.15, -0.1) is 0 Å². The predicted molar refractivity (Wildman–Crippen MR) is 75.3 cm³/mol. The largest absolute Gasteiger partial charge is 0.497 e. The van der Waals surface area contributed by atoms with Crippen LogP contribution in [-0.2, 0) is 5.60 Å². The molecule has 2 saturated heterocycles. The molecule has 0 amide bonds. The molecule has 3 rings (SSSR count). The average Bonchev–Trinajstić information content (AvgIpc) is 2.41. The lowest BCUT2D eigenvalue weighted by atomic mass is 9.73. The van der Waals surface area contributed by atoms with Gasteiger partial charge in [0.2, 0.25) is 0 Å². The van der Waals surface area contributed by atoms with E-state index < -0.39 is 5.60 Å². The lowest BCUT2D eigenvalue weighted by molar-refractivity contribution is -0.0874. The highest BCUT2D eigenvalue weighted by Gasteiger charge is 2.44. The zero-order chi connectivity index (χ0) is 13.5. The quantitative estimate of drug-likeness (QED) is 0.888. The SMILES string of the molecule is COc1ccc(C2(O)CC3CCCC(C2)N3C)cc1. The molecule has 2 fully saturated rings. The van der Waals surface area contributed by atoms with Crippen LogP contribution in [0.4, 0.5) is 0 Å². The van der Waals surface area contributed by atoms with Crippen molar-refractivity contribution in [3.63, 3.8) is 0 Å². The van der Waals surface area contributed by atoms with E-state index in [4.69, 9.17) is 4.74 Å². The van der Waals surface area contributed by atoms with E-state index in [1.807, 2.05) is 24.3 Å². The highest BCUT2D eigenvalue weighted by Crippen LogP contribution is 2.43. The summed E-state index contributed by atoms with van der Waals surface area (Å²) in [6, 6.07) is 8.97. The highest BCUT2D eigenvalue weighted by atomic mass is 16.5. The van der Waals surface area contributed by atoms with Crippen molar-refractivity contribution in [2.75, 3.05) is 14.2 Å². The number of aliphatic hydroxyl groups is 1. The molecule has 1 aromatic rings. The standard InChI is InChI=1S/C16H23NO2/c1-17-13-4-3-5-14(17)11-16(18,10-13)12-6-8-15(19-2)9-7-12/h6-9,13-14,18H,3-5,10-11H2,1-2H3. The summed E-state index contributed by atoms with van der Waals surface area (Å²) in [6.45, 7) is 0. The maximum Gasteiger partial charge on any atom is 0.118 e. The van der Waals surface area contributed by atoms with Gasteiger partial charge in [-0.05, 0) is 50.4 Å². The van der Waals surface area contributed by atoms with Gasteiger partial charge in [-0.2, -0.15) is 0 Å². The molecule has 3 nitrogen and oxygen atoms in total. The van der Waals surface area contributed by atoms with E-state index in [2.05, 4.69) is 11.9 Å². The molecule has 104 valence electrons. The van der Waals surface area contributed by atoms with Crippen LogP contribution in [0.15, 0.2) is 24.3 Å². The van der Waals surface area contributed by atoms with Crippen molar-refractivity contribution >= 4 is 0 Å². The predicted octanol–water partition coefficient (Wildman–Crippen LogP) is 2.53. The van der Waals surface area contributed by atoms with Crippen molar-refractivity contribution in [2.45, 2.75) is 49.8 Å². The Morgan fingerprint density at radius 3 is 2.26 bits per heavy atom. The second-order valence-electron chi connectivity index (χ2n) is 6.07. The Morgan fingerprint density at radius 1 is 1.16 bits per heavy atom. The topological polar surface area (TPSA) is 32.7 Å². The molecular formula is C16H23NO2. The minimum Gasteiger partial charge on any atom is -0.497 e. The molecule has 2 unspecified atom stereocenters. The molecule has 2 aliphatic heterocycles. The van der Waals surface area contributed by atoms with E-state index >= 15 is 0 Å². The van der Waals surface area contributed by atoms with Gasteiger partial charge in [-0.1, -0.05) is 18.6 Å². The fraction of sp³-hybridized carbons (Fsp3) is 0.625. The second kappa shape index (κ2) is 4.80. The number of rotatable bonds is 2. The van der Waals surface area contributed by atoms with Crippen LogP contribution in [0.5, 0.6) is 5.75 Å². The van der Waals surface area contributed by atoms with E-state index in [1.165, 1.54) is 19.3 Å². The first-order valence-electron chi connectivity index (χ1n) is 7.21. The van der Waals surface area contributed by atoms with Gasteiger partial charge in [-0.3, -0.25) is 0 Å². The lowest BCUT2D eigenvalue weighted by Crippen LogP contribution is -2.55. The number of ether oxygens (including phenoxy) is 1. The third-order valence-electron chi connectivity index (χ3n) is 5.00. The first kappa shape index (κ1) is 12.9. The normalized spacial score (nSPS) is 35.1. The summed E-state index contributed by atoms with van der Waals surface area (Å²) >= 11 is 0. The molecule has 2 heterocycles. The molecule has 1 N–H and O–H groups in total. The van der Waals surface area contributed by atoms with Crippen LogP contribution in [0.25, 0.3) is 0 Å². The molecule has 0 aliphatic carbocycles. The Labute approximate surface area is 115 Å². The minimum atomic E-state index is -0.658. The summed E-state index contributed by atoms with van der Waals surface area (Å²) in [7, 11) is 3.88. The van der Waals surface area contributed by atoms with E-state index in [1.54, 1.807) is 7.11 Å². The van der Waals surface area contributed by atoms with Crippen molar-refractivity contribution < 1.29 is 9.84 Å². The monoisotopic (exact) mass is 261 g/mol. The number of hydrogen-bond donors (Lipinski definition) is 1. The lowest BCUT2D eigenvalue weighted by Gasteiger charge is -2.50. The van der Waals surface area contributed by atoms with Crippen LogP contribution in [-0.4, -0.2) is 36.2 Å². The molecule has 2 bridgehead atoms. The molecule has 0 saturated carbocycles. The summed E-state index contributed by atoms with van der Waals surface area (Å²) < 4.78 is 5.19. The van der Waals surface area contributed by atoms with E-state index in [9.17, 15) is 5.11 Å². The summed E-state index contributed by atoms with van der Waals surface area (Å²) in [6.07, 6.45) is 5.44. The zero-order valence-electron chi connectivity index (χ0n) is 11.8. The Kier molecular flexibility index (Phi) is 3.27. The molecule has 3 heteroatoms. The second-order valence-corrected chi connectivity index (χ2v) is 6.07. The average molecular weight is 261 g/mol. The van der Waals surface area contributed by atoms with Crippen molar-refractivity contribution in [2.24, 2.45) is 0 Å². The van der Waals surface area contributed by atoms with Crippen molar-refractivity contribution in [3.05, 3.63) is 29.8 Å². The van der Waals surface area contributed by atoms with Gasteiger partial charge in [0.1, 0.15) is 5.75 Å². The molecule has 2 atom stereocenters. The van der Waals surface area contributed by atoms with Crippen LogP contribution in [0.1, 0.15) is 37.7 Å². The van der Waals surface area contributed by atoms with Gasteiger partial charge >= 0.3 is 0 Å². The zero-order valence-corrected chi connectivity index (χ0v) is 11.8. The number of fused-ring (bicyclic) bond motifs is 2. The fourth-order valence-corrected chi connectivity index (χ4v) is 3.79. The Balaban J connectivity index is 1.86. The minimum absolute atomic E-state index is 0.527. The van der Waals surface area contributed by atoms with Gasteiger partial charge in [0.05, 0.1) is 12.7 Å². The van der Waals surface area contributed by atoms with E-state index in [0.29, 0.717) is 12.1 Å². The van der Waals surface area contributed by atoms with Crippen molar-refractivity contribution in [1.29, 1.82) is 0 Å². The first-order valence-corrected chi connectivity index (χ1v) is 7.21. The number of hydrogen-bond acceptors (Lipinski definition) is 3. The molecule has 19 heavy (non-hydrogen) atoms. The maximum atomic E-state index is 11.1. The number of nitrogens with zero attached hydrogens (tertiary/aromatic N) is 1. The number of benzene rings is 1. The van der Waals surface area contributed by atoms with Gasteiger partial charge in [0.15, 0.2) is 0 Å². The summed E-state index contributed by atoms with van der Waals surface area (Å²) in [5, 5.41) is 11.1. The first-order chi connectivity index (χ1) is 9.12. The smallest absolute Gasteiger partial charge is 0.118 e. The van der Waals surface area contributed by atoms with Crippen LogP contribution in [0.3, 0.4) is 0 Å². The Bertz CT molecular complexity index is 429. The molecule has 0 spiro atoms. The van der Waals surface area contributed by atoms with Crippen LogP contribution >= 0.6 is 0 Å². The molecule has 1 aromatic carbocycles. The van der Waals surface area contributed by atoms with Crippen molar-refractivity contribution in [1.82, 2.24) is 4.90 Å². The number of piperidine rings is 2. The van der Waals surface area contributed by atoms with Crippen LogP contribution in [0.2, 0.25) is 0 Å². The van der Waals surface area contributed by atoms with E-state index in [0.717, 1.165) is 24.2 Å².